The number of nitrogens with zero attached hydrogens (tertiary/aromatic N) is 1. The molecule has 0 saturated heterocycles. The number of amides is 1. The molecule has 0 radical (unpaired) electrons. The van der Waals surface area contributed by atoms with Gasteiger partial charge in [0.2, 0.25) is 5.91 Å². The molecule has 1 N–H and O–H groups in total. The van der Waals surface area contributed by atoms with Crippen LogP contribution in [0.3, 0.4) is 0 Å². The van der Waals surface area contributed by atoms with E-state index in [4.69, 9.17) is 21.1 Å². The standard InChI is InChI=1S/C28H33ClN2O5S/c1-4-35-25-14-12-24(13-15-25)31(37(33,34)27-16-10-23(29)11-17-27)20-28(32)30-18-6-8-22-7-5-9-26(19-22)36-21(2)3/h5,7,9-17,19,21H,4,6,8,18,20H2,1-3H3,(H,30,32). The molecule has 0 spiro atoms. The first-order valence-electron chi connectivity index (χ1n) is 12.2. The van der Waals surface area contributed by atoms with Crippen LogP contribution in [0.2, 0.25) is 5.02 Å². The van der Waals surface area contributed by atoms with E-state index in [9.17, 15) is 13.2 Å². The zero-order chi connectivity index (χ0) is 26.8. The molecule has 0 aliphatic carbocycles. The quantitative estimate of drug-likeness (QED) is 0.288. The molecule has 0 aromatic heterocycles. The van der Waals surface area contributed by atoms with E-state index in [0.29, 0.717) is 36.0 Å². The third-order valence-corrected chi connectivity index (χ3v) is 7.40. The predicted molar refractivity (Wildman–Crippen MR) is 147 cm³/mol. The van der Waals surface area contributed by atoms with Crippen molar-refractivity contribution in [1.29, 1.82) is 0 Å². The van der Waals surface area contributed by atoms with Gasteiger partial charge < -0.3 is 14.8 Å². The van der Waals surface area contributed by atoms with Gasteiger partial charge >= 0.3 is 0 Å². The topological polar surface area (TPSA) is 84.9 Å². The van der Waals surface area contributed by atoms with Gasteiger partial charge in [0, 0.05) is 11.6 Å². The number of benzene rings is 3. The average molecular weight is 545 g/mol. The second-order valence-corrected chi connectivity index (χ2v) is 11.0. The normalized spacial score (nSPS) is 11.3. The van der Waals surface area contributed by atoms with Gasteiger partial charge in [-0.05, 0) is 99.8 Å². The molecule has 37 heavy (non-hydrogen) atoms. The van der Waals surface area contributed by atoms with E-state index in [1.807, 2.05) is 45.0 Å². The highest BCUT2D eigenvalue weighted by molar-refractivity contribution is 7.92. The lowest BCUT2D eigenvalue weighted by Gasteiger charge is -2.24. The fraction of sp³-hybridized carbons (Fsp3) is 0.321. The van der Waals surface area contributed by atoms with Crippen molar-refractivity contribution in [3.05, 3.63) is 83.4 Å². The number of hydrogen-bond acceptors (Lipinski definition) is 5. The molecular weight excluding hydrogens is 512 g/mol. The smallest absolute Gasteiger partial charge is 0.264 e. The fourth-order valence-electron chi connectivity index (χ4n) is 3.68. The molecule has 0 saturated carbocycles. The van der Waals surface area contributed by atoms with Crippen LogP contribution < -0.4 is 19.1 Å². The molecule has 0 aliphatic rings. The van der Waals surface area contributed by atoms with Crippen molar-refractivity contribution in [3.63, 3.8) is 0 Å². The van der Waals surface area contributed by atoms with E-state index < -0.39 is 15.9 Å². The largest absolute Gasteiger partial charge is 0.494 e. The van der Waals surface area contributed by atoms with Crippen molar-refractivity contribution < 1.29 is 22.7 Å². The van der Waals surface area contributed by atoms with Crippen molar-refractivity contribution in [2.45, 2.75) is 44.6 Å². The van der Waals surface area contributed by atoms with Gasteiger partial charge in [0.15, 0.2) is 0 Å². The number of carbonyl (C=O) groups is 1. The molecule has 9 heteroatoms. The minimum absolute atomic E-state index is 0.0436. The molecule has 0 fully saturated rings. The molecule has 3 rings (SSSR count). The third-order valence-electron chi connectivity index (χ3n) is 5.36. The summed E-state index contributed by atoms with van der Waals surface area (Å²) in [6, 6.07) is 20.3. The molecule has 0 atom stereocenters. The number of halogens is 1. The summed E-state index contributed by atoms with van der Waals surface area (Å²) in [5.74, 6) is 1.03. The van der Waals surface area contributed by atoms with Crippen LogP contribution in [0.1, 0.15) is 32.8 Å². The molecule has 198 valence electrons. The Morgan fingerprint density at radius 3 is 2.35 bits per heavy atom. The molecule has 3 aromatic carbocycles. The molecule has 1 amide bonds. The Morgan fingerprint density at radius 2 is 1.70 bits per heavy atom. The summed E-state index contributed by atoms with van der Waals surface area (Å²) < 4.78 is 39.2. The highest BCUT2D eigenvalue weighted by atomic mass is 35.5. The maximum Gasteiger partial charge on any atom is 0.264 e. The van der Waals surface area contributed by atoms with Crippen LogP contribution in [-0.4, -0.2) is 40.1 Å². The summed E-state index contributed by atoms with van der Waals surface area (Å²) in [6.45, 7) is 6.36. The molecule has 0 aliphatic heterocycles. The minimum Gasteiger partial charge on any atom is -0.494 e. The molecule has 0 unspecified atom stereocenters. The molecule has 7 nitrogen and oxygen atoms in total. The second kappa shape index (κ2) is 13.4. The summed E-state index contributed by atoms with van der Waals surface area (Å²) in [4.78, 5) is 12.9. The highest BCUT2D eigenvalue weighted by Gasteiger charge is 2.27. The number of nitrogens with one attached hydrogen (secondary N) is 1. The Bertz CT molecular complexity index is 1260. The lowest BCUT2D eigenvalue weighted by Crippen LogP contribution is -2.41. The van der Waals surface area contributed by atoms with E-state index in [1.54, 1.807) is 24.3 Å². The number of carbonyl (C=O) groups excluding carboxylic acids is 1. The Labute approximate surface area is 224 Å². The van der Waals surface area contributed by atoms with Crippen LogP contribution in [0.25, 0.3) is 0 Å². The number of rotatable bonds is 13. The van der Waals surface area contributed by atoms with E-state index in [0.717, 1.165) is 22.0 Å². The van der Waals surface area contributed by atoms with Crippen molar-refractivity contribution >= 4 is 33.2 Å². The average Bonchev–Trinajstić information content (AvgIpc) is 2.86. The first-order chi connectivity index (χ1) is 17.7. The summed E-state index contributed by atoms with van der Waals surface area (Å²) in [5.41, 5.74) is 1.46. The Kier molecular flexibility index (Phi) is 10.2. The zero-order valence-electron chi connectivity index (χ0n) is 21.3. The van der Waals surface area contributed by atoms with Gasteiger partial charge in [-0.1, -0.05) is 23.7 Å². The van der Waals surface area contributed by atoms with E-state index in [-0.39, 0.29) is 17.5 Å². The number of sulfonamides is 1. The maximum absolute atomic E-state index is 13.5. The van der Waals surface area contributed by atoms with Crippen molar-refractivity contribution in [2.24, 2.45) is 0 Å². The number of anilines is 1. The van der Waals surface area contributed by atoms with Crippen molar-refractivity contribution in [3.8, 4) is 11.5 Å². The van der Waals surface area contributed by atoms with Crippen LogP contribution in [-0.2, 0) is 21.2 Å². The minimum atomic E-state index is -4.02. The van der Waals surface area contributed by atoms with Crippen LogP contribution in [0, 0.1) is 0 Å². The van der Waals surface area contributed by atoms with Gasteiger partial charge in [0.25, 0.3) is 10.0 Å². The van der Waals surface area contributed by atoms with Crippen molar-refractivity contribution in [1.82, 2.24) is 5.32 Å². The second-order valence-electron chi connectivity index (χ2n) is 8.66. The van der Waals surface area contributed by atoms with Gasteiger partial charge in [0.1, 0.15) is 18.0 Å². The van der Waals surface area contributed by atoms with Crippen LogP contribution >= 0.6 is 11.6 Å². The van der Waals surface area contributed by atoms with E-state index in [2.05, 4.69) is 5.32 Å². The van der Waals surface area contributed by atoms with Gasteiger partial charge in [-0.15, -0.1) is 0 Å². The van der Waals surface area contributed by atoms with Gasteiger partial charge in [-0.3, -0.25) is 9.10 Å². The van der Waals surface area contributed by atoms with Crippen LogP contribution in [0.15, 0.2) is 77.7 Å². The molecule has 0 bridgehead atoms. The zero-order valence-corrected chi connectivity index (χ0v) is 22.9. The lowest BCUT2D eigenvalue weighted by atomic mass is 10.1. The van der Waals surface area contributed by atoms with Crippen LogP contribution in [0.5, 0.6) is 11.5 Å². The number of ether oxygens (including phenoxy) is 2. The predicted octanol–water partition coefficient (Wildman–Crippen LogP) is 5.47. The van der Waals surface area contributed by atoms with Crippen molar-refractivity contribution in [2.75, 3.05) is 24.0 Å². The highest BCUT2D eigenvalue weighted by Crippen LogP contribution is 2.26. The first kappa shape index (κ1) is 28.3. The fourth-order valence-corrected chi connectivity index (χ4v) is 5.22. The SMILES string of the molecule is CCOc1ccc(N(CC(=O)NCCCc2cccc(OC(C)C)c2)S(=O)(=O)c2ccc(Cl)cc2)cc1. The molecule has 0 heterocycles. The monoisotopic (exact) mass is 544 g/mol. The number of hydrogen-bond donors (Lipinski definition) is 1. The summed E-state index contributed by atoms with van der Waals surface area (Å²) in [6.07, 6.45) is 1.54. The lowest BCUT2D eigenvalue weighted by molar-refractivity contribution is -0.119. The maximum atomic E-state index is 13.5. The van der Waals surface area contributed by atoms with E-state index in [1.165, 1.54) is 24.3 Å². The summed E-state index contributed by atoms with van der Waals surface area (Å²) in [5, 5.41) is 3.26. The van der Waals surface area contributed by atoms with E-state index >= 15 is 0 Å². The first-order valence-corrected chi connectivity index (χ1v) is 14.0. The number of aryl methyl sites for hydroxylation is 1. The Hall–Kier alpha value is -3.23. The molecule has 3 aromatic rings. The van der Waals surface area contributed by atoms with Gasteiger partial charge in [-0.25, -0.2) is 8.42 Å². The molecular formula is C28H33ClN2O5S. The summed E-state index contributed by atoms with van der Waals surface area (Å²) >= 11 is 5.94. The third kappa shape index (κ3) is 8.40. The summed E-state index contributed by atoms with van der Waals surface area (Å²) in [7, 11) is -4.02. The van der Waals surface area contributed by atoms with Gasteiger partial charge in [0.05, 0.1) is 23.3 Å². The van der Waals surface area contributed by atoms with Crippen LogP contribution in [0.4, 0.5) is 5.69 Å². The Balaban J connectivity index is 1.67. The van der Waals surface area contributed by atoms with Gasteiger partial charge in [-0.2, -0.15) is 0 Å². The Morgan fingerprint density at radius 1 is 1.00 bits per heavy atom.